The summed E-state index contributed by atoms with van der Waals surface area (Å²) in [6.07, 6.45) is 3.80. The van der Waals surface area contributed by atoms with Gasteiger partial charge < -0.3 is 25.0 Å². The lowest BCUT2D eigenvalue weighted by atomic mass is 10.3. The van der Waals surface area contributed by atoms with Gasteiger partial charge >= 0.3 is 0 Å². The molecule has 1 aliphatic heterocycles. The number of hydrogen-bond donors (Lipinski definition) is 2. The van der Waals surface area contributed by atoms with E-state index in [0.29, 0.717) is 6.54 Å². The van der Waals surface area contributed by atoms with Gasteiger partial charge in [0, 0.05) is 13.1 Å². The molecule has 1 saturated heterocycles. The van der Waals surface area contributed by atoms with Crippen molar-refractivity contribution in [1.82, 2.24) is 15.5 Å². The number of rotatable bonds is 10. The van der Waals surface area contributed by atoms with E-state index in [1.165, 1.54) is 32.5 Å². The third-order valence-corrected chi connectivity index (χ3v) is 4.39. The number of methoxy groups -OCH3 is 1. The summed E-state index contributed by atoms with van der Waals surface area (Å²) in [4.78, 5) is 7.19. The standard InChI is InChI=1S/C20H34N4O2.HI/c1-4-21-20(22-12-9-15-24-13-7-8-14-24)23-16-17(2)26-19-11-6-5-10-18(19)25-3;/h5-6,10-11,17H,4,7-9,12-16H2,1-3H3,(H2,21,22,23);1H. The molecule has 2 N–H and O–H groups in total. The molecule has 0 saturated carbocycles. The number of nitrogens with zero attached hydrogens (tertiary/aromatic N) is 2. The van der Waals surface area contributed by atoms with Crippen molar-refractivity contribution < 1.29 is 9.47 Å². The number of likely N-dealkylation sites (tertiary alicyclic amines) is 1. The highest BCUT2D eigenvalue weighted by Crippen LogP contribution is 2.26. The fraction of sp³-hybridized carbons (Fsp3) is 0.650. The van der Waals surface area contributed by atoms with Crippen LogP contribution < -0.4 is 20.1 Å². The summed E-state index contributed by atoms with van der Waals surface area (Å²) in [7, 11) is 1.65. The Bertz CT molecular complexity index is 551. The molecule has 27 heavy (non-hydrogen) atoms. The fourth-order valence-corrected chi connectivity index (χ4v) is 3.05. The van der Waals surface area contributed by atoms with E-state index in [0.717, 1.165) is 37.0 Å². The van der Waals surface area contributed by atoms with E-state index in [9.17, 15) is 0 Å². The van der Waals surface area contributed by atoms with E-state index in [4.69, 9.17) is 9.47 Å². The van der Waals surface area contributed by atoms with E-state index in [1.54, 1.807) is 7.11 Å². The molecule has 1 unspecified atom stereocenters. The molecule has 1 fully saturated rings. The molecule has 6 nitrogen and oxygen atoms in total. The van der Waals surface area contributed by atoms with Gasteiger partial charge in [0.25, 0.3) is 0 Å². The number of halogens is 1. The van der Waals surface area contributed by atoms with Crippen LogP contribution in [0.5, 0.6) is 11.5 Å². The van der Waals surface area contributed by atoms with Gasteiger partial charge in [-0.05, 0) is 64.9 Å². The molecule has 1 atom stereocenters. The Hall–Kier alpha value is -1.22. The Labute approximate surface area is 181 Å². The number of ether oxygens (including phenoxy) is 2. The average Bonchev–Trinajstić information content (AvgIpc) is 3.17. The number of hydrogen-bond acceptors (Lipinski definition) is 4. The molecule has 0 radical (unpaired) electrons. The lowest BCUT2D eigenvalue weighted by Gasteiger charge is -2.17. The van der Waals surface area contributed by atoms with Crippen molar-refractivity contribution in [2.45, 2.75) is 39.2 Å². The molecule has 0 amide bonds. The molecular weight excluding hydrogens is 455 g/mol. The number of nitrogens with one attached hydrogen (secondary N) is 2. The third-order valence-electron chi connectivity index (χ3n) is 4.39. The van der Waals surface area contributed by atoms with Crippen LogP contribution in [-0.4, -0.2) is 63.3 Å². The molecule has 0 bridgehead atoms. The summed E-state index contributed by atoms with van der Waals surface area (Å²) in [5.41, 5.74) is 0. The van der Waals surface area contributed by atoms with Gasteiger partial charge in [-0.1, -0.05) is 12.1 Å². The minimum absolute atomic E-state index is 0. The van der Waals surface area contributed by atoms with Crippen molar-refractivity contribution in [3.63, 3.8) is 0 Å². The van der Waals surface area contributed by atoms with Gasteiger partial charge in [-0.15, -0.1) is 24.0 Å². The molecule has 0 aliphatic carbocycles. The van der Waals surface area contributed by atoms with Gasteiger partial charge in [0.2, 0.25) is 0 Å². The number of guanidine groups is 1. The number of benzene rings is 1. The Morgan fingerprint density at radius 2 is 1.89 bits per heavy atom. The molecule has 2 rings (SSSR count). The molecule has 0 aromatic heterocycles. The molecule has 1 aliphatic rings. The van der Waals surface area contributed by atoms with Gasteiger partial charge in [-0.25, -0.2) is 4.99 Å². The summed E-state index contributed by atoms with van der Waals surface area (Å²) in [5.74, 6) is 2.35. The Morgan fingerprint density at radius 3 is 2.56 bits per heavy atom. The summed E-state index contributed by atoms with van der Waals surface area (Å²) < 4.78 is 11.3. The second-order valence-corrected chi connectivity index (χ2v) is 6.63. The van der Waals surface area contributed by atoms with Crippen LogP contribution in [0.2, 0.25) is 0 Å². The number of aliphatic imine (C=N–C) groups is 1. The largest absolute Gasteiger partial charge is 0.493 e. The lowest BCUT2D eigenvalue weighted by Crippen LogP contribution is -2.39. The summed E-state index contributed by atoms with van der Waals surface area (Å²) in [6.45, 7) is 10.1. The zero-order chi connectivity index (χ0) is 18.6. The van der Waals surface area contributed by atoms with Crippen molar-refractivity contribution in [2.75, 3.05) is 46.4 Å². The van der Waals surface area contributed by atoms with Crippen molar-refractivity contribution in [3.8, 4) is 11.5 Å². The molecule has 1 heterocycles. The summed E-state index contributed by atoms with van der Waals surface area (Å²) in [6, 6.07) is 7.70. The van der Waals surface area contributed by atoms with Crippen LogP contribution in [-0.2, 0) is 0 Å². The summed E-state index contributed by atoms with van der Waals surface area (Å²) >= 11 is 0. The zero-order valence-electron chi connectivity index (χ0n) is 16.9. The van der Waals surface area contributed by atoms with E-state index in [2.05, 4.69) is 27.4 Å². The van der Waals surface area contributed by atoms with E-state index in [1.807, 2.05) is 31.2 Å². The van der Waals surface area contributed by atoms with Crippen molar-refractivity contribution in [1.29, 1.82) is 0 Å². The van der Waals surface area contributed by atoms with Gasteiger partial charge in [0.1, 0.15) is 6.10 Å². The Kier molecular flexibility index (Phi) is 12.2. The Balaban J connectivity index is 0.00000364. The molecule has 1 aromatic carbocycles. The molecule has 7 heteroatoms. The second-order valence-electron chi connectivity index (χ2n) is 6.63. The first-order chi connectivity index (χ1) is 12.7. The molecular formula is C20H35IN4O2. The monoisotopic (exact) mass is 490 g/mol. The summed E-state index contributed by atoms with van der Waals surface area (Å²) in [5, 5.41) is 6.72. The van der Waals surface area contributed by atoms with Crippen molar-refractivity contribution in [3.05, 3.63) is 24.3 Å². The highest BCUT2D eigenvalue weighted by atomic mass is 127. The minimum atomic E-state index is -0.0358. The smallest absolute Gasteiger partial charge is 0.191 e. The van der Waals surface area contributed by atoms with Crippen LogP contribution in [0, 0.1) is 0 Å². The molecule has 154 valence electrons. The highest BCUT2D eigenvalue weighted by Gasteiger charge is 2.11. The fourth-order valence-electron chi connectivity index (χ4n) is 3.05. The van der Waals surface area contributed by atoms with Crippen molar-refractivity contribution in [2.24, 2.45) is 4.99 Å². The van der Waals surface area contributed by atoms with E-state index in [-0.39, 0.29) is 30.1 Å². The second kappa shape index (κ2) is 13.9. The maximum Gasteiger partial charge on any atom is 0.191 e. The normalized spacial score (nSPS) is 15.7. The predicted molar refractivity (Wildman–Crippen MR) is 123 cm³/mol. The van der Waals surface area contributed by atoms with Gasteiger partial charge in [-0.2, -0.15) is 0 Å². The number of para-hydroxylation sites is 2. The predicted octanol–water partition coefficient (Wildman–Crippen LogP) is 3.12. The SMILES string of the molecule is CCNC(=NCC(C)Oc1ccccc1OC)NCCCN1CCCC1.I. The maximum absolute atomic E-state index is 5.96. The van der Waals surface area contributed by atoms with Gasteiger partial charge in [-0.3, -0.25) is 0 Å². The van der Waals surface area contributed by atoms with Crippen LogP contribution in [0.3, 0.4) is 0 Å². The van der Waals surface area contributed by atoms with E-state index >= 15 is 0 Å². The lowest BCUT2D eigenvalue weighted by molar-refractivity contribution is 0.219. The average molecular weight is 490 g/mol. The Morgan fingerprint density at radius 1 is 1.19 bits per heavy atom. The quantitative estimate of drug-likeness (QED) is 0.229. The van der Waals surface area contributed by atoms with Crippen LogP contribution in [0.4, 0.5) is 0 Å². The zero-order valence-corrected chi connectivity index (χ0v) is 19.2. The van der Waals surface area contributed by atoms with Gasteiger partial charge in [0.05, 0.1) is 13.7 Å². The van der Waals surface area contributed by atoms with Crippen LogP contribution >= 0.6 is 24.0 Å². The van der Waals surface area contributed by atoms with Crippen LogP contribution in [0.15, 0.2) is 29.3 Å². The highest BCUT2D eigenvalue weighted by molar-refractivity contribution is 14.0. The van der Waals surface area contributed by atoms with Gasteiger partial charge in [0.15, 0.2) is 17.5 Å². The topological polar surface area (TPSA) is 58.1 Å². The first-order valence-electron chi connectivity index (χ1n) is 9.77. The van der Waals surface area contributed by atoms with Crippen LogP contribution in [0.1, 0.15) is 33.1 Å². The van der Waals surface area contributed by atoms with E-state index < -0.39 is 0 Å². The molecule has 0 spiro atoms. The molecule has 1 aromatic rings. The van der Waals surface area contributed by atoms with Crippen LogP contribution in [0.25, 0.3) is 0 Å². The minimum Gasteiger partial charge on any atom is -0.493 e. The first-order valence-corrected chi connectivity index (χ1v) is 9.77. The maximum atomic E-state index is 5.96. The first kappa shape index (κ1) is 23.8. The third kappa shape index (κ3) is 9.01. The van der Waals surface area contributed by atoms with Crippen molar-refractivity contribution >= 4 is 29.9 Å².